The normalized spacial score (nSPS) is 10.4. The van der Waals surface area contributed by atoms with Gasteiger partial charge in [-0.2, -0.15) is 0 Å². The van der Waals surface area contributed by atoms with Crippen LogP contribution >= 0.6 is 0 Å². The lowest BCUT2D eigenvalue weighted by molar-refractivity contribution is -0.121. The highest BCUT2D eigenvalue weighted by molar-refractivity contribution is 6.29. The van der Waals surface area contributed by atoms with Crippen LogP contribution in [0.15, 0.2) is 292 Å². The van der Waals surface area contributed by atoms with E-state index in [1.54, 1.807) is 0 Å². The molecule has 6 amide bonds. The van der Waals surface area contributed by atoms with Gasteiger partial charge in [-0.3, -0.25) is 38.6 Å². The lowest BCUT2D eigenvalue weighted by atomic mass is 9.92. The Morgan fingerprint density at radius 1 is 0.316 bits per heavy atom. The minimum Gasteiger partial charge on any atom is -0.494 e. The summed E-state index contributed by atoms with van der Waals surface area (Å²) in [6.07, 6.45) is 9.80. The van der Waals surface area contributed by atoms with E-state index < -0.39 is 64.8 Å². The molecule has 2 aliphatic rings. The standard InChI is InChI=1S/C98H70N6O10/c1-12-21-22-23-24-25-26-27-28-29-30-31-32-33-34-35-36-37-38-39-40-41-42-43-44-45-46-47-48-49-50-51-52-53-86(99(70(10)105)84-68-91(111)103(97(84)113)95-80(17-6)64-74(65-81(95)18-7)58-72-60-76(13-2)93(77(14-3)61-72)101-87(107)54-55-88(101)108)100(71(11)106)85-69-92(112)104(98(85)114)96-82(19-8)66-75(67-83(96)20-9)59-73-62-78(15-4)94(79(16-5)63-73)102-89(109)56-57-90(102)110/h54-57,60-69,111-114H,1,13-20,58-59H2,2-11H3. The van der Waals surface area contributed by atoms with Gasteiger partial charge >= 0.3 is 0 Å². The summed E-state index contributed by atoms with van der Waals surface area (Å²) in [6.45, 7) is 21.2. The van der Waals surface area contributed by atoms with Crippen LogP contribution in [0.5, 0.6) is 23.5 Å². The maximum absolute atomic E-state index is 14.6. The summed E-state index contributed by atoms with van der Waals surface area (Å²) in [7, 11) is 0. The summed E-state index contributed by atoms with van der Waals surface area (Å²) in [4.78, 5) is 85.1. The van der Waals surface area contributed by atoms with Crippen molar-refractivity contribution in [1.29, 1.82) is 0 Å². The fraction of sp³-hybridized carbons (Fsp3) is 0.204. The van der Waals surface area contributed by atoms with Crippen molar-refractivity contribution in [3.63, 3.8) is 0 Å². The second-order valence-electron chi connectivity index (χ2n) is 24.4. The van der Waals surface area contributed by atoms with Crippen LogP contribution in [0.4, 0.5) is 22.7 Å². The molecule has 2 aliphatic heterocycles. The van der Waals surface area contributed by atoms with Gasteiger partial charge in [-0.05, 0) is 235 Å². The SMILES string of the molecule is C=C=C=C=C=C=C=C=C=C=C=C=C=C=C=C=C=C=C=C=C=C=C=C=C=C=C=C=C=C=C=C=C=C=C=C(N(C(C)=O)c1cc(O)n(-c2c(CC)cc(Cc3cc(CC)c(N4C(=O)C=CC4=O)c(CC)c3)cc2CC)c1O)N(C(C)=O)c1cc(O)n(-c2c(CC)cc(Cc3cc(CC)c(N4C(=O)C=CC4=O)c(CC)c3)cc2CC)c1O. The molecule has 0 aliphatic carbocycles. The molecule has 0 radical (unpaired) electrons. The Balaban J connectivity index is 1.26. The quantitative estimate of drug-likeness (QED) is 0.0420. The number of aromatic nitrogens is 2. The molecule has 552 valence electrons. The molecule has 6 aromatic rings. The summed E-state index contributed by atoms with van der Waals surface area (Å²) in [6, 6.07) is 18.2. The number of aromatic hydroxyl groups is 4. The number of carbonyl (C=O) groups is 6. The third kappa shape index (κ3) is 20.4. The van der Waals surface area contributed by atoms with Gasteiger partial charge in [0.05, 0.1) is 22.7 Å². The lowest BCUT2D eigenvalue weighted by Gasteiger charge is -2.29. The lowest BCUT2D eigenvalue weighted by Crippen LogP contribution is -2.40. The Kier molecular flexibility index (Phi) is 30.0. The number of imide groups is 2. The summed E-state index contributed by atoms with van der Waals surface area (Å²) >= 11 is 0. The van der Waals surface area contributed by atoms with E-state index in [1.807, 2.05) is 104 Å². The van der Waals surface area contributed by atoms with Gasteiger partial charge in [0.1, 0.15) is 11.4 Å². The molecular weight excluding hydrogens is 1420 g/mol. The molecule has 0 saturated heterocycles. The monoisotopic (exact) mass is 1490 g/mol. The average Bonchev–Trinajstić information content (AvgIpc) is 1.63. The van der Waals surface area contributed by atoms with E-state index in [1.165, 1.54) is 43.2 Å². The van der Waals surface area contributed by atoms with E-state index >= 15 is 0 Å². The Morgan fingerprint density at radius 2 is 0.518 bits per heavy atom. The fourth-order valence-corrected chi connectivity index (χ4v) is 12.6. The minimum absolute atomic E-state index is 0.335. The number of anilines is 4. The molecule has 0 atom stereocenters. The first-order chi connectivity index (χ1) is 55.2. The molecule has 4 N–H and O–H groups in total. The maximum Gasteiger partial charge on any atom is 0.258 e. The predicted molar refractivity (Wildman–Crippen MR) is 430 cm³/mol. The largest absolute Gasteiger partial charge is 0.494 e. The number of carbonyl (C=O) groups excluding carboxylic acids is 6. The van der Waals surface area contributed by atoms with Gasteiger partial charge in [0.2, 0.25) is 35.3 Å². The number of aryl methyl sites for hydroxylation is 8. The molecular formula is C98H70N6O10. The van der Waals surface area contributed by atoms with Crippen molar-refractivity contribution in [3.05, 3.63) is 359 Å². The van der Waals surface area contributed by atoms with Crippen LogP contribution in [-0.2, 0) is 93.0 Å². The van der Waals surface area contributed by atoms with Crippen molar-refractivity contribution in [1.82, 2.24) is 9.13 Å². The van der Waals surface area contributed by atoms with Gasteiger partial charge in [-0.25, -0.2) is 18.9 Å². The second kappa shape index (κ2) is 41.1. The van der Waals surface area contributed by atoms with Gasteiger partial charge < -0.3 is 20.4 Å². The average molecular weight is 1490 g/mol. The van der Waals surface area contributed by atoms with Gasteiger partial charge in [0.25, 0.3) is 23.6 Å². The van der Waals surface area contributed by atoms with E-state index in [0.29, 0.717) is 109 Å². The molecule has 8 rings (SSSR count). The number of rotatable bonds is 20. The van der Waals surface area contributed by atoms with E-state index in [4.69, 9.17) is 0 Å². The number of benzene rings is 4. The summed E-state index contributed by atoms with van der Waals surface area (Å²) in [5.74, 6) is -6.03. The van der Waals surface area contributed by atoms with E-state index in [2.05, 4.69) is 201 Å². The first-order valence-corrected chi connectivity index (χ1v) is 36.0. The maximum atomic E-state index is 14.6. The first kappa shape index (κ1) is 83.2. The zero-order valence-corrected chi connectivity index (χ0v) is 64.3. The highest BCUT2D eigenvalue weighted by Crippen LogP contribution is 2.47. The predicted octanol–water partition coefficient (Wildman–Crippen LogP) is 15.8. The van der Waals surface area contributed by atoms with Crippen molar-refractivity contribution < 1.29 is 49.2 Å². The second-order valence-corrected chi connectivity index (χ2v) is 24.4. The van der Waals surface area contributed by atoms with Crippen LogP contribution in [-0.4, -0.2) is 65.0 Å². The Labute approximate surface area is 659 Å². The highest BCUT2D eigenvalue weighted by Gasteiger charge is 2.37. The summed E-state index contributed by atoms with van der Waals surface area (Å²) in [5, 5.41) is 49.7. The number of nitrogens with zero attached hydrogens (tertiary/aromatic N) is 6. The third-order valence-corrected chi connectivity index (χ3v) is 17.3. The third-order valence-electron chi connectivity index (χ3n) is 17.3. The van der Waals surface area contributed by atoms with Crippen molar-refractivity contribution in [3.8, 4) is 34.9 Å². The molecule has 4 heterocycles. The van der Waals surface area contributed by atoms with Crippen LogP contribution in [0.3, 0.4) is 0 Å². The van der Waals surface area contributed by atoms with Crippen LogP contribution < -0.4 is 19.6 Å². The molecule has 0 saturated carbocycles. The molecule has 16 nitrogen and oxygen atoms in total. The molecule has 0 spiro atoms. The van der Waals surface area contributed by atoms with Crippen molar-refractivity contribution in [2.24, 2.45) is 0 Å². The summed E-state index contributed by atoms with van der Waals surface area (Å²) < 4.78 is 2.42. The van der Waals surface area contributed by atoms with Gasteiger partial charge in [-0.15, -0.1) is 0 Å². The van der Waals surface area contributed by atoms with Crippen LogP contribution in [0.1, 0.15) is 136 Å². The van der Waals surface area contributed by atoms with E-state index in [0.717, 1.165) is 80.3 Å². The molecule has 16 heteroatoms. The van der Waals surface area contributed by atoms with Crippen LogP contribution in [0.25, 0.3) is 11.4 Å². The van der Waals surface area contributed by atoms with Gasteiger partial charge in [0.15, 0.2) is 5.82 Å². The fourth-order valence-electron chi connectivity index (χ4n) is 12.6. The zero-order chi connectivity index (χ0) is 82.2. The Hall–Kier alpha value is -16.4. The van der Waals surface area contributed by atoms with Crippen molar-refractivity contribution in [2.75, 3.05) is 19.6 Å². The summed E-state index contributed by atoms with van der Waals surface area (Å²) in [5.41, 5.74) is 96.9. The molecule has 0 fully saturated rings. The Bertz CT molecular complexity index is 6310. The van der Waals surface area contributed by atoms with Gasteiger partial charge in [-0.1, -0.05) is 110 Å². The number of hydrogen-bond donors (Lipinski definition) is 4. The smallest absolute Gasteiger partial charge is 0.258 e. The topological polar surface area (TPSA) is 206 Å². The van der Waals surface area contributed by atoms with E-state index in [9.17, 15) is 49.2 Å². The molecule has 114 heavy (non-hydrogen) atoms. The van der Waals surface area contributed by atoms with Crippen LogP contribution in [0.2, 0.25) is 0 Å². The molecule has 0 unspecified atom stereocenters. The van der Waals surface area contributed by atoms with Crippen molar-refractivity contribution in [2.45, 2.75) is 133 Å². The molecule has 4 aromatic carbocycles. The van der Waals surface area contributed by atoms with E-state index in [-0.39, 0.29) is 11.4 Å². The van der Waals surface area contributed by atoms with Gasteiger partial charge in [0, 0.05) is 142 Å². The Morgan fingerprint density at radius 3 is 0.719 bits per heavy atom. The number of amides is 6. The molecule has 2 aromatic heterocycles. The number of hydrogen-bond acceptors (Lipinski definition) is 10. The van der Waals surface area contributed by atoms with Crippen molar-refractivity contribution >= 4 is 58.2 Å². The first-order valence-electron chi connectivity index (χ1n) is 36.0. The minimum atomic E-state index is -0.830. The highest BCUT2D eigenvalue weighted by atomic mass is 16.3. The van der Waals surface area contributed by atoms with Crippen LogP contribution in [0, 0.1) is 0 Å². The molecule has 0 bridgehead atoms. The zero-order valence-electron chi connectivity index (χ0n) is 64.3.